The van der Waals surface area contributed by atoms with Crippen LogP contribution in [0.1, 0.15) is 31.6 Å². The number of hydrogen-bond donors (Lipinski definition) is 1. The molecule has 1 unspecified atom stereocenters. The van der Waals surface area contributed by atoms with E-state index in [2.05, 4.69) is 11.8 Å². The largest absolute Gasteiger partial charge is 0.480 e. The quantitative estimate of drug-likeness (QED) is 0.233. The first-order valence-electron chi connectivity index (χ1n) is 11.3. The molecular formula is C28H25NO6. The van der Waals surface area contributed by atoms with E-state index >= 15 is 0 Å². The lowest BCUT2D eigenvalue weighted by molar-refractivity contribution is -0.168. The van der Waals surface area contributed by atoms with E-state index in [0.29, 0.717) is 17.4 Å². The SMILES string of the molecule is CC#CCC(Cc1cc2c3ccccc3n(Cc3ccccc3)c2c(=O)o1)(C(=O)O)C(=O)OCC. The molecule has 0 spiro atoms. The second-order valence-electron chi connectivity index (χ2n) is 8.24. The zero-order chi connectivity index (χ0) is 25.0. The third-order valence-corrected chi connectivity index (χ3v) is 6.03. The molecule has 4 aromatic rings. The average molecular weight is 472 g/mol. The highest BCUT2D eigenvalue weighted by atomic mass is 16.5. The number of aliphatic carboxylic acids is 1. The number of carboxylic acid groups (broad SMARTS) is 1. The lowest BCUT2D eigenvalue weighted by atomic mass is 9.80. The maximum absolute atomic E-state index is 13.3. The van der Waals surface area contributed by atoms with Gasteiger partial charge in [0.15, 0.2) is 5.41 Å². The molecule has 1 N–H and O–H groups in total. The Morgan fingerprint density at radius 1 is 1.09 bits per heavy atom. The smallest absolute Gasteiger partial charge is 0.360 e. The van der Waals surface area contributed by atoms with E-state index in [9.17, 15) is 19.5 Å². The van der Waals surface area contributed by atoms with Gasteiger partial charge in [-0.15, -0.1) is 11.8 Å². The molecular weight excluding hydrogens is 446 g/mol. The molecule has 4 rings (SSSR count). The number of ether oxygens (including phenoxy) is 1. The van der Waals surface area contributed by atoms with Crippen LogP contribution in [0.25, 0.3) is 21.8 Å². The number of rotatable bonds is 8. The van der Waals surface area contributed by atoms with Gasteiger partial charge >= 0.3 is 17.6 Å². The van der Waals surface area contributed by atoms with Gasteiger partial charge in [-0.25, -0.2) is 4.79 Å². The molecule has 7 nitrogen and oxygen atoms in total. The Morgan fingerprint density at radius 2 is 1.80 bits per heavy atom. The van der Waals surface area contributed by atoms with Crippen LogP contribution in [0.5, 0.6) is 0 Å². The van der Waals surface area contributed by atoms with E-state index < -0.39 is 23.0 Å². The van der Waals surface area contributed by atoms with Crippen LogP contribution in [0.3, 0.4) is 0 Å². The molecule has 2 heterocycles. The van der Waals surface area contributed by atoms with Gasteiger partial charge in [-0.05, 0) is 31.5 Å². The zero-order valence-electron chi connectivity index (χ0n) is 19.5. The van der Waals surface area contributed by atoms with Crippen LogP contribution < -0.4 is 5.63 Å². The van der Waals surface area contributed by atoms with E-state index in [1.807, 2.05) is 59.2 Å². The van der Waals surface area contributed by atoms with Crippen LogP contribution in [0.2, 0.25) is 0 Å². The van der Waals surface area contributed by atoms with E-state index in [1.54, 1.807) is 19.9 Å². The summed E-state index contributed by atoms with van der Waals surface area (Å²) in [4.78, 5) is 38.4. The van der Waals surface area contributed by atoms with Crippen LogP contribution in [-0.2, 0) is 27.3 Å². The first-order chi connectivity index (χ1) is 16.9. The molecule has 178 valence electrons. The monoisotopic (exact) mass is 471 g/mol. The minimum Gasteiger partial charge on any atom is -0.480 e. The third-order valence-electron chi connectivity index (χ3n) is 6.03. The van der Waals surface area contributed by atoms with Crippen molar-refractivity contribution >= 4 is 33.7 Å². The molecule has 0 aliphatic heterocycles. The number of carboxylic acids is 1. The maximum Gasteiger partial charge on any atom is 0.360 e. The van der Waals surface area contributed by atoms with Crippen molar-refractivity contribution in [3.63, 3.8) is 0 Å². The van der Waals surface area contributed by atoms with Gasteiger partial charge in [-0.2, -0.15) is 0 Å². The number of aromatic nitrogens is 1. The second-order valence-corrected chi connectivity index (χ2v) is 8.24. The average Bonchev–Trinajstić information content (AvgIpc) is 3.16. The highest BCUT2D eigenvalue weighted by Crippen LogP contribution is 2.33. The number of fused-ring (bicyclic) bond motifs is 3. The van der Waals surface area contributed by atoms with Crippen molar-refractivity contribution in [1.82, 2.24) is 4.57 Å². The molecule has 0 radical (unpaired) electrons. The fraction of sp³-hybridized carbons (Fsp3) is 0.250. The highest BCUT2D eigenvalue weighted by molar-refractivity contribution is 6.08. The molecule has 2 aromatic carbocycles. The van der Waals surface area contributed by atoms with Crippen molar-refractivity contribution in [1.29, 1.82) is 0 Å². The van der Waals surface area contributed by atoms with Crippen molar-refractivity contribution in [2.75, 3.05) is 6.61 Å². The summed E-state index contributed by atoms with van der Waals surface area (Å²) in [7, 11) is 0. The third kappa shape index (κ3) is 4.43. The predicted molar refractivity (Wildman–Crippen MR) is 132 cm³/mol. The van der Waals surface area contributed by atoms with Crippen molar-refractivity contribution in [2.45, 2.75) is 33.2 Å². The molecule has 0 fully saturated rings. The molecule has 0 aliphatic carbocycles. The summed E-state index contributed by atoms with van der Waals surface area (Å²) in [5, 5.41) is 11.5. The van der Waals surface area contributed by atoms with Gasteiger partial charge in [0, 0.05) is 35.7 Å². The summed E-state index contributed by atoms with van der Waals surface area (Å²) >= 11 is 0. The van der Waals surface area contributed by atoms with Gasteiger partial charge in [0.05, 0.1) is 6.61 Å². The number of esters is 1. The van der Waals surface area contributed by atoms with Crippen LogP contribution in [0, 0.1) is 17.3 Å². The second kappa shape index (κ2) is 9.90. The fourth-order valence-electron chi connectivity index (χ4n) is 4.32. The van der Waals surface area contributed by atoms with Crippen LogP contribution >= 0.6 is 0 Å². The van der Waals surface area contributed by atoms with Crippen LogP contribution in [0.4, 0.5) is 0 Å². The standard InChI is InChI=1S/C28H25NO6/c1-3-5-15-28(26(31)32,27(33)34-4-2)17-20-16-22-21-13-9-10-14-23(21)29(24(22)25(30)35-20)18-19-11-7-6-8-12-19/h6-14,16H,4,15,17-18H2,1-2H3,(H,31,32). The molecule has 0 aliphatic rings. The first-order valence-corrected chi connectivity index (χ1v) is 11.3. The number of nitrogens with zero attached hydrogens (tertiary/aromatic N) is 1. The molecule has 1 atom stereocenters. The summed E-state index contributed by atoms with van der Waals surface area (Å²) in [6.45, 7) is 3.64. The van der Waals surface area contributed by atoms with Gasteiger partial charge in [-0.1, -0.05) is 48.5 Å². The molecule has 0 bridgehead atoms. The summed E-state index contributed by atoms with van der Waals surface area (Å²) in [5.74, 6) is 3.11. The summed E-state index contributed by atoms with van der Waals surface area (Å²) in [6, 6.07) is 19.0. The number of benzene rings is 2. The number of carbonyl (C=O) groups excluding carboxylic acids is 1. The van der Waals surface area contributed by atoms with Gasteiger partial charge in [-0.3, -0.25) is 9.59 Å². The number of carbonyl (C=O) groups is 2. The molecule has 7 heteroatoms. The Balaban J connectivity index is 1.89. The lowest BCUT2D eigenvalue weighted by Gasteiger charge is -2.24. The Bertz CT molecular complexity index is 1520. The predicted octanol–water partition coefficient (Wildman–Crippen LogP) is 4.39. The maximum atomic E-state index is 13.3. The lowest BCUT2D eigenvalue weighted by Crippen LogP contribution is -2.42. The van der Waals surface area contributed by atoms with E-state index in [1.165, 1.54) is 0 Å². The minimum atomic E-state index is -1.99. The molecule has 2 aromatic heterocycles. The normalized spacial score (nSPS) is 12.6. The van der Waals surface area contributed by atoms with Crippen molar-refractivity contribution < 1.29 is 23.8 Å². The van der Waals surface area contributed by atoms with Gasteiger partial charge < -0.3 is 18.8 Å². The fourth-order valence-corrected chi connectivity index (χ4v) is 4.32. The molecule has 0 amide bonds. The van der Waals surface area contributed by atoms with Crippen LogP contribution in [0.15, 0.2) is 69.9 Å². The van der Waals surface area contributed by atoms with Crippen molar-refractivity contribution in [3.8, 4) is 11.8 Å². The zero-order valence-corrected chi connectivity index (χ0v) is 19.5. The van der Waals surface area contributed by atoms with E-state index in [0.717, 1.165) is 16.5 Å². The first kappa shape index (κ1) is 23.8. The molecule has 35 heavy (non-hydrogen) atoms. The van der Waals surface area contributed by atoms with Crippen molar-refractivity contribution in [2.24, 2.45) is 5.41 Å². The number of hydrogen-bond acceptors (Lipinski definition) is 5. The summed E-state index contributed by atoms with van der Waals surface area (Å²) in [6.07, 6.45) is -0.631. The highest BCUT2D eigenvalue weighted by Gasteiger charge is 2.48. The Morgan fingerprint density at radius 3 is 2.49 bits per heavy atom. The van der Waals surface area contributed by atoms with Crippen LogP contribution in [-0.4, -0.2) is 28.2 Å². The van der Waals surface area contributed by atoms with E-state index in [4.69, 9.17) is 9.15 Å². The van der Waals surface area contributed by atoms with Crippen molar-refractivity contribution in [3.05, 3.63) is 82.4 Å². The summed E-state index contributed by atoms with van der Waals surface area (Å²) < 4.78 is 12.6. The van der Waals surface area contributed by atoms with Gasteiger partial charge in [0.25, 0.3) is 0 Å². The minimum absolute atomic E-state index is 0.0172. The van der Waals surface area contributed by atoms with Gasteiger partial charge in [0.2, 0.25) is 0 Å². The Hall–Kier alpha value is -4.31. The molecule has 0 saturated carbocycles. The number of para-hydroxylation sites is 1. The Labute approximate surface area is 201 Å². The topological polar surface area (TPSA) is 98.7 Å². The van der Waals surface area contributed by atoms with E-state index in [-0.39, 0.29) is 25.2 Å². The molecule has 0 saturated heterocycles. The Kier molecular flexibility index (Phi) is 6.74. The van der Waals surface area contributed by atoms with Gasteiger partial charge in [0.1, 0.15) is 11.3 Å². The summed E-state index contributed by atoms with van der Waals surface area (Å²) in [5.41, 5.74) is -0.351.